The molecule has 0 aromatic heterocycles. The minimum atomic E-state index is -1.41. The minimum absolute atomic E-state index is 0.467. The SMILES string of the molecule is CC(C)(C)C(O)(C(C)(C)C)C(CO)(CO)CO. The van der Waals surface area contributed by atoms with Crippen molar-refractivity contribution in [1.29, 1.82) is 0 Å². The van der Waals surface area contributed by atoms with Crippen LogP contribution in [0.25, 0.3) is 0 Å². The molecule has 4 N–H and O–H groups in total. The molecule has 0 unspecified atom stereocenters. The lowest BCUT2D eigenvalue weighted by Gasteiger charge is -2.58. The second-order valence-electron chi connectivity index (χ2n) is 6.97. The zero-order valence-electron chi connectivity index (χ0n) is 11.9. The van der Waals surface area contributed by atoms with Gasteiger partial charge in [0.1, 0.15) is 0 Å². The Hall–Kier alpha value is -0.160. The fraction of sp³-hybridized carbons (Fsp3) is 1.00. The molecular weight excluding hydrogens is 220 g/mol. The molecule has 17 heavy (non-hydrogen) atoms. The summed E-state index contributed by atoms with van der Waals surface area (Å²) in [4.78, 5) is 0. The van der Waals surface area contributed by atoms with Gasteiger partial charge in [0.2, 0.25) is 0 Å². The smallest absolute Gasteiger partial charge is 0.0865 e. The van der Waals surface area contributed by atoms with Gasteiger partial charge in [0.05, 0.1) is 30.8 Å². The first-order valence-electron chi connectivity index (χ1n) is 5.98. The monoisotopic (exact) mass is 248 g/mol. The quantitative estimate of drug-likeness (QED) is 0.592. The van der Waals surface area contributed by atoms with E-state index in [1.54, 1.807) is 0 Å². The number of rotatable bonds is 4. The third-order valence-electron chi connectivity index (χ3n) is 3.85. The Bertz CT molecular complexity index is 221. The average Bonchev–Trinajstić information content (AvgIpc) is 2.17. The van der Waals surface area contributed by atoms with Crippen LogP contribution in [-0.4, -0.2) is 45.8 Å². The van der Waals surface area contributed by atoms with E-state index in [0.29, 0.717) is 0 Å². The summed E-state index contributed by atoms with van der Waals surface area (Å²) in [7, 11) is 0. The molecule has 0 aliphatic heterocycles. The van der Waals surface area contributed by atoms with E-state index < -0.39 is 41.7 Å². The Morgan fingerprint density at radius 1 is 0.647 bits per heavy atom. The summed E-state index contributed by atoms with van der Waals surface area (Å²) in [5.74, 6) is 0. The van der Waals surface area contributed by atoms with E-state index in [0.717, 1.165) is 0 Å². The van der Waals surface area contributed by atoms with Crippen molar-refractivity contribution in [1.82, 2.24) is 0 Å². The fourth-order valence-electron chi connectivity index (χ4n) is 3.21. The molecule has 4 nitrogen and oxygen atoms in total. The number of hydrogen-bond acceptors (Lipinski definition) is 4. The lowest BCUT2D eigenvalue weighted by molar-refractivity contribution is -0.252. The first-order chi connectivity index (χ1) is 7.43. The molecule has 0 aromatic carbocycles. The molecule has 0 amide bonds. The van der Waals surface area contributed by atoms with Gasteiger partial charge in [-0.3, -0.25) is 0 Å². The van der Waals surface area contributed by atoms with Crippen molar-refractivity contribution in [3.8, 4) is 0 Å². The van der Waals surface area contributed by atoms with Crippen LogP contribution in [0.1, 0.15) is 41.5 Å². The third kappa shape index (κ3) is 2.36. The fourth-order valence-corrected chi connectivity index (χ4v) is 3.21. The topological polar surface area (TPSA) is 80.9 Å². The standard InChI is InChI=1S/C13H28O4/c1-10(2,3)13(17,11(4,5)6)12(7-14,8-15)9-16/h14-17H,7-9H2,1-6H3. The molecule has 0 atom stereocenters. The molecule has 4 heteroatoms. The summed E-state index contributed by atoms with van der Waals surface area (Å²) in [5, 5.41) is 39.8. The zero-order chi connectivity index (χ0) is 14.1. The average molecular weight is 248 g/mol. The minimum Gasteiger partial charge on any atom is -0.395 e. The van der Waals surface area contributed by atoms with Crippen molar-refractivity contribution in [2.24, 2.45) is 16.2 Å². The van der Waals surface area contributed by atoms with Gasteiger partial charge < -0.3 is 20.4 Å². The van der Waals surface area contributed by atoms with Gasteiger partial charge in [0.15, 0.2) is 0 Å². The third-order valence-corrected chi connectivity index (χ3v) is 3.85. The molecule has 0 rings (SSSR count). The maximum absolute atomic E-state index is 11.1. The van der Waals surface area contributed by atoms with E-state index in [1.165, 1.54) is 0 Å². The van der Waals surface area contributed by atoms with Gasteiger partial charge in [-0.15, -0.1) is 0 Å². The summed E-state index contributed by atoms with van der Waals surface area (Å²) in [6.45, 7) is 9.65. The van der Waals surface area contributed by atoms with Gasteiger partial charge in [0, 0.05) is 0 Å². The molecule has 0 saturated heterocycles. The van der Waals surface area contributed by atoms with Crippen LogP contribution in [0.15, 0.2) is 0 Å². The van der Waals surface area contributed by atoms with Crippen LogP contribution < -0.4 is 0 Å². The van der Waals surface area contributed by atoms with Crippen LogP contribution in [0.4, 0.5) is 0 Å². The predicted molar refractivity (Wildman–Crippen MR) is 67.6 cm³/mol. The zero-order valence-corrected chi connectivity index (χ0v) is 11.9. The van der Waals surface area contributed by atoms with Crippen LogP contribution in [-0.2, 0) is 0 Å². The summed E-state index contributed by atoms with van der Waals surface area (Å²) in [5.41, 5.74) is -3.94. The van der Waals surface area contributed by atoms with Crippen LogP contribution in [0.5, 0.6) is 0 Å². The van der Waals surface area contributed by atoms with E-state index in [1.807, 2.05) is 41.5 Å². The molecule has 0 fully saturated rings. The molecule has 0 aliphatic carbocycles. The maximum Gasteiger partial charge on any atom is 0.0865 e. The first-order valence-corrected chi connectivity index (χ1v) is 5.98. The van der Waals surface area contributed by atoms with Crippen molar-refractivity contribution >= 4 is 0 Å². The van der Waals surface area contributed by atoms with Crippen molar-refractivity contribution in [3.63, 3.8) is 0 Å². The van der Waals surface area contributed by atoms with Gasteiger partial charge >= 0.3 is 0 Å². The Labute approximate surface area is 104 Å². The molecular formula is C13H28O4. The van der Waals surface area contributed by atoms with Crippen molar-refractivity contribution in [2.75, 3.05) is 19.8 Å². The molecule has 0 spiro atoms. The maximum atomic E-state index is 11.1. The molecule has 0 aliphatic rings. The highest BCUT2D eigenvalue weighted by Gasteiger charge is 2.62. The first kappa shape index (κ1) is 16.8. The van der Waals surface area contributed by atoms with Crippen LogP contribution in [0, 0.1) is 16.2 Å². The predicted octanol–water partition coefficient (Wildman–Crippen LogP) is 0.773. The molecule has 0 heterocycles. The summed E-state index contributed by atoms with van der Waals surface area (Å²) >= 11 is 0. The van der Waals surface area contributed by atoms with Gasteiger partial charge in [0.25, 0.3) is 0 Å². The van der Waals surface area contributed by atoms with Crippen LogP contribution in [0.2, 0.25) is 0 Å². The Morgan fingerprint density at radius 2 is 0.882 bits per heavy atom. The summed E-state index contributed by atoms with van der Waals surface area (Å²) < 4.78 is 0. The van der Waals surface area contributed by atoms with Crippen LogP contribution >= 0.6 is 0 Å². The Balaban J connectivity index is 5.96. The second-order valence-corrected chi connectivity index (χ2v) is 6.97. The van der Waals surface area contributed by atoms with E-state index in [9.17, 15) is 20.4 Å². The molecule has 0 radical (unpaired) electrons. The molecule has 0 bridgehead atoms. The van der Waals surface area contributed by atoms with Gasteiger partial charge in [-0.2, -0.15) is 0 Å². The lowest BCUT2D eigenvalue weighted by Crippen LogP contribution is -2.68. The highest BCUT2D eigenvalue weighted by molar-refractivity contribution is 5.10. The molecule has 104 valence electrons. The summed E-state index contributed by atoms with van der Waals surface area (Å²) in [6.07, 6.45) is 0. The van der Waals surface area contributed by atoms with Crippen molar-refractivity contribution in [3.05, 3.63) is 0 Å². The highest BCUT2D eigenvalue weighted by atomic mass is 16.3. The van der Waals surface area contributed by atoms with Gasteiger partial charge in [-0.25, -0.2) is 0 Å². The number of aliphatic hydroxyl groups is 4. The molecule has 0 aromatic rings. The summed E-state index contributed by atoms with van der Waals surface area (Å²) in [6, 6.07) is 0. The van der Waals surface area contributed by atoms with Gasteiger partial charge in [-0.1, -0.05) is 41.5 Å². The highest BCUT2D eigenvalue weighted by Crippen LogP contribution is 2.53. The second kappa shape index (κ2) is 4.84. The Kier molecular flexibility index (Phi) is 4.80. The van der Waals surface area contributed by atoms with Crippen LogP contribution in [0.3, 0.4) is 0 Å². The van der Waals surface area contributed by atoms with E-state index in [-0.39, 0.29) is 0 Å². The number of aliphatic hydroxyl groups excluding tert-OH is 3. The normalized spacial score (nSPS) is 15.2. The van der Waals surface area contributed by atoms with E-state index in [4.69, 9.17) is 0 Å². The molecule has 0 saturated carbocycles. The van der Waals surface area contributed by atoms with Crippen molar-refractivity contribution < 1.29 is 20.4 Å². The Morgan fingerprint density at radius 3 is 0.941 bits per heavy atom. The van der Waals surface area contributed by atoms with Crippen molar-refractivity contribution in [2.45, 2.75) is 47.1 Å². The van der Waals surface area contributed by atoms with E-state index in [2.05, 4.69) is 0 Å². The number of hydrogen-bond donors (Lipinski definition) is 4. The van der Waals surface area contributed by atoms with E-state index >= 15 is 0 Å². The largest absolute Gasteiger partial charge is 0.395 e. The lowest BCUT2D eigenvalue weighted by atomic mass is 9.51. The van der Waals surface area contributed by atoms with Gasteiger partial charge in [-0.05, 0) is 10.8 Å².